The van der Waals surface area contributed by atoms with Crippen molar-refractivity contribution in [3.63, 3.8) is 0 Å². The topological polar surface area (TPSA) is 111 Å². The first-order valence-corrected chi connectivity index (χ1v) is 10.9. The summed E-state index contributed by atoms with van der Waals surface area (Å²) in [6.07, 6.45) is 3.60. The molecule has 2 aromatic rings. The first-order chi connectivity index (χ1) is 14.5. The number of carbonyl (C=O) groups is 2. The number of nitrogens with one attached hydrogen (secondary N) is 1. The second-order valence-electron chi connectivity index (χ2n) is 6.84. The van der Waals surface area contributed by atoms with Gasteiger partial charge in [-0.3, -0.25) is 9.36 Å². The number of hydrogen-bond donors (Lipinski definition) is 2. The number of hydrogen-bond acceptors (Lipinski definition) is 7. The average molecular weight is 432 g/mol. The van der Waals surface area contributed by atoms with Crippen LogP contribution in [0.2, 0.25) is 0 Å². The van der Waals surface area contributed by atoms with Crippen LogP contribution in [-0.2, 0) is 28.9 Å². The number of thioether (sulfide) groups is 1. The molecule has 0 unspecified atom stereocenters. The highest BCUT2D eigenvalue weighted by Crippen LogP contribution is 2.28. The average Bonchev–Trinajstić information content (AvgIpc) is 2.75. The largest absolute Gasteiger partial charge is 0.462 e. The van der Waals surface area contributed by atoms with Crippen LogP contribution < -0.4 is 11.0 Å². The highest BCUT2D eigenvalue weighted by atomic mass is 32.2. The number of rotatable bonds is 8. The summed E-state index contributed by atoms with van der Waals surface area (Å²) in [7, 11) is 0. The molecular formula is C21H25N3O5S. The third-order valence-corrected chi connectivity index (χ3v) is 5.81. The lowest BCUT2D eigenvalue weighted by Gasteiger charge is -2.22. The Balaban J connectivity index is 1.65. The molecule has 1 aliphatic carbocycles. The van der Waals surface area contributed by atoms with E-state index < -0.39 is 5.97 Å². The van der Waals surface area contributed by atoms with Crippen molar-refractivity contribution in [3.05, 3.63) is 51.6 Å². The lowest BCUT2D eigenvalue weighted by molar-refractivity contribution is -0.113. The highest BCUT2D eigenvalue weighted by Gasteiger charge is 2.21. The van der Waals surface area contributed by atoms with Gasteiger partial charge in [-0.2, -0.15) is 4.98 Å². The van der Waals surface area contributed by atoms with Crippen LogP contribution in [0.1, 0.15) is 41.4 Å². The Morgan fingerprint density at radius 1 is 1.23 bits per heavy atom. The number of fused-ring (bicyclic) bond motifs is 1. The molecule has 0 atom stereocenters. The first-order valence-electron chi connectivity index (χ1n) is 9.96. The molecule has 0 saturated carbocycles. The lowest BCUT2D eigenvalue weighted by atomic mass is 9.97. The summed E-state index contributed by atoms with van der Waals surface area (Å²) >= 11 is 1.24. The normalized spacial score (nSPS) is 12.9. The number of aliphatic hydroxyl groups is 1. The summed E-state index contributed by atoms with van der Waals surface area (Å²) in [5, 5.41) is 12.6. The van der Waals surface area contributed by atoms with Gasteiger partial charge in [-0.25, -0.2) is 9.59 Å². The molecule has 1 aliphatic rings. The predicted molar refractivity (Wildman–Crippen MR) is 114 cm³/mol. The van der Waals surface area contributed by atoms with Gasteiger partial charge in [-0.1, -0.05) is 11.8 Å². The second kappa shape index (κ2) is 10.4. The van der Waals surface area contributed by atoms with Crippen molar-refractivity contribution in [2.24, 2.45) is 0 Å². The number of ether oxygens (including phenoxy) is 1. The molecule has 1 amide bonds. The molecule has 0 saturated heterocycles. The molecule has 0 fully saturated rings. The van der Waals surface area contributed by atoms with Crippen LogP contribution in [0.15, 0.2) is 34.1 Å². The Hall–Kier alpha value is -2.65. The van der Waals surface area contributed by atoms with Crippen molar-refractivity contribution in [1.29, 1.82) is 0 Å². The van der Waals surface area contributed by atoms with Gasteiger partial charge in [0.05, 0.1) is 31.1 Å². The Morgan fingerprint density at radius 3 is 2.67 bits per heavy atom. The van der Waals surface area contributed by atoms with Crippen molar-refractivity contribution in [1.82, 2.24) is 9.55 Å². The number of esters is 1. The summed E-state index contributed by atoms with van der Waals surface area (Å²) in [6, 6.07) is 6.48. The van der Waals surface area contributed by atoms with Crippen molar-refractivity contribution in [3.8, 4) is 0 Å². The molecule has 1 aromatic heterocycles. The van der Waals surface area contributed by atoms with Crippen LogP contribution >= 0.6 is 11.8 Å². The van der Waals surface area contributed by atoms with Crippen LogP contribution in [0.3, 0.4) is 0 Å². The smallest absolute Gasteiger partial charge is 0.348 e. The molecule has 30 heavy (non-hydrogen) atoms. The highest BCUT2D eigenvalue weighted by molar-refractivity contribution is 8.00. The fraction of sp³-hybridized carbons (Fsp3) is 0.429. The summed E-state index contributed by atoms with van der Waals surface area (Å²) in [5.41, 5.74) is 2.53. The van der Waals surface area contributed by atoms with Gasteiger partial charge in [0, 0.05) is 16.9 Å². The zero-order valence-electron chi connectivity index (χ0n) is 16.8. The lowest BCUT2D eigenvalue weighted by Crippen LogP contribution is -2.31. The Labute approximate surface area is 178 Å². The van der Waals surface area contributed by atoms with E-state index in [-0.39, 0.29) is 30.5 Å². The van der Waals surface area contributed by atoms with Crippen LogP contribution in [-0.4, -0.2) is 45.5 Å². The van der Waals surface area contributed by atoms with Crippen LogP contribution in [0.25, 0.3) is 0 Å². The molecular weight excluding hydrogens is 406 g/mol. The number of carbonyl (C=O) groups excluding carboxylic acids is 2. The Bertz CT molecular complexity index is 972. The van der Waals surface area contributed by atoms with Gasteiger partial charge in [-0.05, 0) is 56.9 Å². The van der Waals surface area contributed by atoms with E-state index in [0.717, 1.165) is 36.9 Å². The van der Waals surface area contributed by atoms with Gasteiger partial charge in [0.1, 0.15) is 5.03 Å². The van der Waals surface area contributed by atoms with Gasteiger partial charge in [-0.15, -0.1) is 0 Å². The summed E-state index contributed by atoms with van der Waals surface area (Å²) in [5.74, 6) is -0.518. The second-order valence-corrected chi connectivity index (χ2v) is 7.81. The molecule has 0 bridgehead atoms. The van der Waals surface area contributed by atoms with E-state index in [9.17, 15) is 19.5 Å². The van der Waals surface area contributed by atoms with Crippen molar-refractivity contribution in [2.75, 3.05) is 24.3 Å². The fourth-order valence-corrected chi connectivity index (χ4v) is 4.31. The predicted octanol–water partition coefficient (Wildman–Crippen LogP) is 2.02. The third kappa shape index (κ3) is 5.28. The van der Waals surface area contributed by atoms with E-state index in [2.05, 4.69) is 10.3 Å². The molecule has 8 nitrogen and oxygen atoms in total. The standard InChI is InChI=1S/C21H25N3O5S/c1-2-29-20(27)14-7-9-15(10-8-14)22-18(26)13-30-19-16-5-3-4-6-17(16)24(11-12-25)21(28)23-19/h7-10,25H,2-6,11-13H2,1H3,(H,22,26). The molecule has 2 N–H and O–H groups in total. The van der Waals surface area contributed by atoms with E-state index in [1.54, 1.807) is 35.8 Å². The molecule has 1 aromatic carbocycles. The minimum atomic E-state index is -0.405. The monoisotopic (exact) mass is 431 g/mol. The van der Waals surface area contributed by atoms with Gasteiger partial charge in [0.25, 0.3) is 0 Å². The van der Waals surface area contributed by atoms with Crippen LogP contribution in [0.4, 0.5) is 5.69 Å². The number of anilines is 1. The zero-order chi connectivity index (χ0) is 21.5. The number of aliphatic hydroxyl groups excluding tert-OH is 1. The van der Waals surface area contributed by atoms with Crippen LogP contribution in [0, 0.1) is 0 Å². The molecule has 9 heteroatoms. The fourth-order valence-electron chi connectivity index (χ4n) is 3.43. The number of nitrogens with zero attached hydrogens (tertiary/aromatic N) is 2. The first kappa shape index (κ1) is 22.0. The SMILES string of the molecule is CCOC(=O)c1ccc(NC(=O)CSc2nc(=O)n(CCO)c3c2CCCC3)cc1. The number of benzene rings is 1. The zero-order valence-corrected chi connectivity index (χ0v) is 17.7. The van der Waals surface area contributed by atoms with Gasteiger partial charge >= 0.3 is 11.7 Å². The Morgan fingerprint density at radius 2 is 1.97 bits per heavy atom. The molecule has 1 heterocycles. The maximum atomic E-state index is 12.4. The van der Waals surface area contributed by atoms with E-state index in [1.165, 1.54) is 11.8 Å². The van der Waals surface area contributed by atoms with E-state index in [1.807, 2.05) is 0 Å². The van der Waals surface area contributed by atoms with Crippen molar-refractivity contribution in [2.45, 2.75) is 44.2 Å². The third-order valence-electron chi connectivity index (χ3n) is 4.79. The minimum absolute atomic E-state index is 0.113. The van der Waals surface area contributed by atoms with Crippen molar-refractivity contribution < 1.29 is 19.4 Å². The number of amides is 1. The Kier molecular flexibility index (Phi) is 7.64. The maximum Gasteiger partial charge on any atom is 0.348 e. The van der Waals surface area contributed by atoms with E-state index in [4.69, 9.17) is 4.74 Å². The maximum absolute atomic E-state index is 12.4. The number of aromatic nitrogens is 2. The summed E-state index contributed by atoms with van der Waals surface area (Å²) in [6.45, 7) is 2.17. The molecule has 0 spiro atoms. The minimum Gasteiger partial charge on any atom is -0.462 e. The molecule has 0 radical (unpaired) electrons. The van der Waals surface area contributed by atoms with Gasteiger partial charge in [0.15, 0.2) is 0 Å². The summed E-state index contributed by atoms with van der Waals surface area (Å²) < 4.78 is 6.48. The van der Waals surface area contributed by atoms with Crippen molar-refractivity contribution >= 4 is 29.3 Å². The van der Waals surface area contributed by atoms with E-state index >= 15 is 0 Å². The summed E-state index contributed by atoms with van der Waals surface area (Å²) in [4.78, 5) is 40.6. The molecule has 0 aliphatic heterocycles. The van der Waals surface area contributed by atoms with E-state index in [0.29, 0.717) is 22.9 Å². The van der Waals surface area contributed by atoms with Gasteiger partial charge in [0.2, 0.25) is 5.91 Å². The molecule has 3 rings (SSSR count). The van der Waals surface area contributed by atoms with Gasteiger partial charge < -0.3 is 15.2 Å². The van der Waals surface area contributed by atoms with Crippen LogP contribution in [0.5, 0.6) is 0 Å². The quantitative estimate of drug-likeness (QED) is 0.374. The molecule has 160 valence electrons.